The van der Waals surface area contributed by atoms with Crippen molar-refractivity contribution < 1.29 is 27.7 Å². The summed E-state index contributed by atoms with van der Waals surface area (Å²) in [6.07, 6.45) is 0. The van der Waals surface area contributed by atoms with Gasteiger partial charge in [-0.1, -0.05) is 42.5 Å². The predicted molar refractivity (Wildman–Crippen MR) is 87.2 cm³/mol. The maximum absolute atomic E-state index is 12.0. The predicted octanol–water partition coefficient (Wildman–Crippen LogP) is 1.42. The van der Waals surface area contributed by atoms with Crippen molar-refractivity contribution in [2.75, 3.05) is 5.75 Å². The molecule has 0 bridgehead atoms. The summed E-state index contributed by atoms with van der Waals surface area (Å²) in [4.78, 5) is 23.0. The van der Waals surface area contributed by atoms with Crippen molar-refractivity contribution in [3.8, 4) is 11.1 Å². The van der Waals surface area contributed by atoms with Gasteiger partial charge < -0.3 is 10.4 Å². The maximum Gasteiger partial charge on any atom is 0.327 e. The van der Waals surface area contributed by atoms with Crippen molar-refractivity contribution in [3.63, 3.8) is 0 Å². The fraction of sp³-hybridized carbons (Fsp3) is 0.125. The van der Waals surface area contributed by atoms with E-state index in [1.807, 2.05) is 30.3 Å². The topological polar surface area (TPSA) is 121 Å². The largest absolute Gasteiger partial charge is 0.480 e. The number of rotatable bonds is 6. The first-order chi connectivity index (χ1) is 11.3. The van der Waals surface area contributed by atoms with E-state index in [-0.39, 0.29) is 5.56 Å². The molecule has 2 aromatic carbocycles. The van der Waals surface area contributed by atoms with Crippen LogP contribution in [0.3, 0.4) is 0 Å². The Balaban J connectivity index is 2.13. The third kappa shape index (κ3) is 4.90. The number of carboxylic acid groups (broad SMARTS) is 1. The van der Waals surface area contributed by atoms with E-state index in [9.17, 15) is 18.0 Å². The average Bonchev–Trinajstić information content (AvgIpc) is 2.54. The van der Waals surface area contributed by atoms with Gasteiger partial charge >= 0.3 is 5.97 Å². The van der Waals surface area contributed by atoms with Crippen LogP contribution in [0.25, 0.3) is 11.1 Å². The molecule has 1 amide bonds. The van der Waals surface area contributed by atoms with Crippen LogP contribution in [0.5, 0.6) is 0 Å². The van der Waals surface area contributed by atoms with E-state index in [1.165, 1.54) is 12.1 Å². The number of hydrogen-bond acceptors (Lipinski definition) is 4. The quantitative estimate of drug-likeness (QED) is 0.678. The van der Waals surface area contributed by atoms with E-state index in [4.69, 9.17) is 9.66 Å². The number of hydrogen-bond donors (Lipinski definition) is 3. The van der Waals surface area contributed by atoms with Gasteiger partial charge in [-0.15, -0.1) is 0 Å². The average molecular weight is 349 g/mol. The molecule has 0 saturated heterocycles. The highest BCUT2D eigenvalue weighted by molar-refractivity contribution is 7.85. The molecule has 7 nitrogen and oxygen atoms in total. The summed E-state index contributed by atoms with van der Waals surface area (Å²) in [6.45, 7) is 0. The van der Waals surface area contributed by atoms with Crippen molar-refractivity contribution in [1.29, 1.82) is 0 Å². The lowest BCUT2D eigenvalue weighted by Gasteiger charge is -2.13. The van der Waals surface area contributed by atoms with Gasteiger partial charge in [0.05, 0.1) is 0 Å². The first-order valence-corrected chi connectivity index (χ1v) is 8.51. The first-order valence-electron chi connectivity index (χ1n) is 6.90. The molecule has 1 atom stereocenters. The van der Waals surface area contributed by atoms with Crippen LogP contribution in [0.4, 0.5) is 0 Å². The van der Waals surface area contributed by atoms with Gasteiger partial charge in [-0.05, 0) is 23.3 Å². The van der Waals surface area contributed by atoms with E-state index in [2.05, 4.69) is 5.32 Å². The van der Waals surface area contributed by atoms with E-state index in [1.54, 1.807) is 12.1 Å². The number of benzene rings is 2. The van der Waals surface area contributed by atoms with Crippen LogP contribution in [0, 0.1) is 0 Å². The molecule has 8 heteroatoms. The Morgan fingerprint density at radius 3 is 2.00 bits per heavy atom. The molecule has 0 saturated carbocycles. The lowest BCUT2D eigenvalue weighted by Crippen LogP contribution is -2.45. The molecule has 0 fully saturated rings. The minimum atomic E-state index is -4.53. The van der Waals surface area contributed by atoms with Gasteiger partial charge in [0.1, 0.15) is 11.8 Å². The summed E-state index contributed by atoms with van der Waals surface area (Å²) in [5, 5.41) is 11.0. The van der Waals surface area contributed by atoms with Crippen molar-refractivity contribution in [2.45, 2.75) is 6.04 Å². The van der Waals surface area contributed by atoms with E-state index in [0.717, 1.165) is 11.1 Å². The molecule has 0 aromatic heterocycles. The molecule has 0 aliphatic heterocycles. The van der Waals surface area contributed by atoms with Crippen molar-refractivity contribution in [1.82, 2.24) is 5.32 Å². The van der Waals surface area contributed by atoms with Crippen molar-refractivity contribution in [3.05, 3.63) is 60.2 Å². The van der Waals surface area contributed by atoms with Gasteiger partial charge in [0.15, 0.2) is 0 Å². The molecule has 2 aromatic rings. The Morgan fingerprint density at radius 2 is 1.50 bits per heavy atom. The first kappa shape index (κ1) is 17.6. The molecule has 2 rings (SSSR count). The fourth-order valence-electron chi connectivity index (χ4n) is 2.07. The van der Waals surface area contributed by atoms with Gasteiger partial charge in [-0.3, -0.25) is 9.35 Å². The van der Waals surface area contributed by atoms with Crippen LogP contribution in [-0.4, -0.2) is 41.7 Å². The molecule has 24 heavy (non-hydrogen) atoms. The highest BCUT2D eigenvalue weighted by atomic mass is 32.2. The summed E-state index contributed by atoms with van der Waals surface area (Å²) in [5.74, 6) is -3.40. The number of carboxylic acids is 1. The van der Waals surface area contributed by atoms with Gasteiger partial charge in [-0.25, -0.2) is 4.79 Å². The molecular formula is C16H15NO6S. The smallest absolute Gasteiger partial charge is 0.327 e. The second kappa shape index (κ2) is 7.24. The van der Waals surface area contributed by atoms with Crippen LogP contribution in [-0.2, 0) is 14.9 Å². The van der Waals surface area contributed by atoms with E-state index < -0.39 is 33.8 Å². The number of nitrogens with one attached hydrogen (secondary N) is 1. The normalized spacial score (nSPS) is 12.4. The molecule has 0 aliphatic carbocycles. The third-order valence-corrected chi connectivity index (χ3v) is 3.99. The summed E-state index contributed by atoms with van der Waals surface area (Å²) in [6, 6.07) is 14.1. The van der Waals surface area contributed by atoms with Gasteiger partial charge in [-0.2, -0.15) is 8.42 Å². The van der Waals surface area contributed by atoms with E-state index in [0.29, 0.717) is 0 Å². The van der Waals surface area contributed by atoms with Crippen LogP contribution in [0.15, 0.2) is 54.6 Å². The monoisotopic (exact) mass is 349 g/mol. The van der Waals surface area contributed by atoms with Crippen LogP contribution in [0.1, 0.15) is 10.4 Å². The lowest BCUT2D eigenvalue weighted by molar-refractivity contribution is -0.138. The van der Waals surface area contributed by atoms with Crippen LogP contribution < -0.4 is 5.32 Å². The zero-order valence-corrected chi connectivity index (χ0v) is 13.2. The van der Waals surface area contributed by atoms with Crippen molar-refractivity contribution >= 4 is 22.0 Å². The van der Waals surface area contributed by atoms with Gasteiger partial charge in [0.25, 0.3) is 16.0 Å². The zero-order valence-electron chi connectivity index (χ0n) is 12.4. The van der Waals surface area contributed by atoms with Gasteiger partial charge in [0, 0.05) is 5.56 Å². The molecular weight excluding hydrogens is 334 g/mol. The van der Waals surface area contributed by atoms with Crippen molar-refractivity contribution in [2.24, 2.45) is 0 Å². The second-order valence-electron chi connectivity index (χ2n) is 5.06. The standard InChI is InChI=1S/C16H15NO6S/c18-15(17-14(16(19)20)10-24(21,22)23)13-8-6-12(7-9-13)11-4-2-1-3-5-11/h1-9,14H,10H2,(H,17,18)(H,19,20)(H,21,22,23)/t14-/m0/s1. The summed E-state index contributed by atoms with van der Waals surface area (Å²) < 4.78 is 30.4. The Morgan fingerprint density at radius 1 is 0.958 bits per heavy atom. The molecule has 0 heterocycles. The Kier molecular flexibility index (Phi) is 5.32. The highest BCUT2D eigenvalue weighted by Crippen LogP contribution is 2.19. The third-order valence-electron chi connectivity index (χ3n) is 3.23. The summed E-state index contributed by atoms with van der Waals surface area (Å²) in [7, 11) is -4.53. The second-order valence-corrected chi connectivity index (χ2v) is 6.55. The SMILES string of the molecule is O=C(N[C@@H](CS(=O)(=O)O)C(=O)O)c1ccc(-c2ccccc2)cc1. The van der Waals surface area contributed by atoms with E-state index >= 15 is 0 Å². The number of carbonyl (C=O) groups excluding carboxylic acids is 1. The Labute approximate surface area is 138 Å². The highest BCUT2D eigenvalue weighted by Gasteiger charge is 2.26. The molecule has 0 aliphatic rings. The van der Waals surface area contributed by atoms with Crippen LogP contribution in [0.2, 0.25) is 0 Å². The molecule has 0 unspecified atom stereocenters. The van der Waals surface area contributed by atoms with Gasteiger partial charge in [0.2, 0.25) is 0 Å². The summed E-state index contributed by atoms with van der Waals surface area (Å²) >= 11 is 0. The molecule has 3 N–H and O–H groups in total. The zero-order chi connectivity index (χ0) is 17.7. The molecule has 0 radical (unpaired) electrons. The number of amides is 1. The van der Waals surface area contributed by atoms with Crippen LogP contribution >= 0.6 is 0 Å². The summed E-state index contributed by atoms with van der Waals surface area (Å²) in [5.41, 5.74) is 2.01. The molecule has 0 spiro atoms. The fourth-order valence-corrected chi connectivity index (χ4v) is 2.72. The molecule has 126 valence electrons. The number of carbonyl (C=O) groups is 2. The Hall–Kier alpha value is -2.71. The number of aliphatic carboxylic acids is 1. The lowest BCUT2D eigenvalue weighted by atomic mass is 10.0. The maximum atomic E-state index is 12.0. The minimum absolute atomic E-state index is 0.177. The Bertz CT molecular complexity index is 831. The minimum Gasteiger partial charge on any atom is -0.480 e.